The standard InChI is InChI=1S/C9H11FO2/c1-6(11)7-3-8(10)5-9(4-7)12-2/h3-6,11H,1-2H3. The minimum absolute atomic E-state index is 0.398. The molecule has 0 amide bonds. The van der Waals surface area contributed by atoms with E-state index in [-0.39, 0.29) is 0 Å². The summed E-state index contributed by atoms with van der Waals surface area (Å²) in [5.41, 5.74) is 0.520. The first-order valence-electron chi connectivity index (χ1n) is 3.66. The lowest BCUT2D eigenvalue weighted by Crippen LogP contribution is -1.93. The van der Waals surface area contributed by atoms with Gasteiger partial charge in [-0.25, -0.2) is 4.39 Å². The third-order valence-corrected chi connectivity index (χ3v) is 1.61. The molecule has 0 aliphatic carbocycles. The fourth-order valence-corrected chi connectivity index (χ4v) is 0.943. The van der Waals surface area contributed by atoms with Crippen LogP contribution in [0.3, 0.4) is 0 Å². The van der Waals surface area contributed by atoms with Crippen LogP contribution in [-0.2, 0) is 0 Å². The molecule has 0 bridgehead atoms. The third kappa shape index (κ3) is 1.95. The van der Waals surface area contributed by atoms with E-state index < -0.39 is 11.9 Å². The Bertz CT molecular complexity index is 271. The summed E-state index contributed by atoms with van der Waals surface area (Å²) in [7, 11) is 1.46. The second kappa shape index (κ2) is 3.54. The van der Waals surface area contributed by atoms with E-state index in [4.69, 9.17) is 9.84 Å². The molecule has 0 radical (unpaired) electrons. The number of benzene rings is 1. The Morgan fingerprint density at radius 2 is 2.08 bits per heavy atom. The maximum atomic E-state index is 12.8. The van der Waals surface area contributed by atoms with E-state index in [1.165, 1.54) is 19.2 Å². The topological polar surface area (TPSA) is 29.5 Å². The van der Waals surface area contributed by atoms with Crippen molar-refractivity contribution >= 4 is 0 Å². The Labute approximate surface area is 70.6 Å². The highest BCUT2D eigenvalue weighted by Crippen LogP contribution is 2.20. The molecule has 66 valence electrons. The van der Waals surface area contributed by atoms with Gasteiger partial charge in [0.1, 0.15) is 11.6 Å². The highest BCUT2D eigenvalue weighted by Gasteiger charge is 2.04. The van der Waals surface area contributed by atoms with Gasteiger partial charge in [-0.1, -0.05) is 0 Å². The number of hydrogen-bond acceptors (Lipinski definition) is 2. The van der Waals surface area contributed by atoms with Gasteiger partial charge in [-0.15, -0.1) is 0 Å². The first kappa shape index (κ1) is 9.00. The molecular weight excluding hydrogens is 159 g/mol. The van der Waals surface area contributed by atoms with Crippen LogP contribution in [0.1, 0.15) is 18.6 Å². The van der Waals surface area contributed by atoms with Gasteiger partial charge in [-0.3, -0.25) is 0 Å². The second-order valence-electron chi connectivity index (χ2n) is 2.60. The summed E-state index contributed by atoms with van der Waals surface area (Å²) in [6, 6.07) is 4.16. The van der Waals surface area contributed by atoms with E-state index in [1.807, 2.05) is 0 Å². The van der Waals surface area contributed by atoms with Gasteiger partial charge in [0.05, 0.1) is 13.2 Å². The molecule has 0 aliphatic heterocycles. The molecule has 0 spiro atoms. The fourth-order valence-electron chi connectivity index (χ4n) is 0.943. The first-order chi connectivity index (χ1) is 5.63. The summed E-state index contributed by atoms with van der Waals surface area (Å²) < 4.78 is 17.6. The van der Waals surface area contributed by atoms with Crippen LogP contribution in [0, 0.1) is 5.82 Å². The number of halogens is 1. The van der Waals surface area contributed by atoms with Gasteiger partial charge < -0.3 is 9.84 Å². The summed E-state index contributed by atoms with van der Waals surface area (Å²) in [6.07, 6.45) is -0.672. The van der Waals surface area contributed by atoms with Crippen molar-refractivity contribution in [1.82, 2.24) is 0 Å². The Balaban J connectivity index is 3.06. The van der Waals surface area contributed by atoms with Gasteiger partial charge in [0.25, 0.3) is 0 Å². The van der Waals surface area contributed by atoms with Gasteiger partial charge >= 0.3 is 0 Å². The Morgan fingerprint density at radius 1 is 1.42 bits per heavy atom. The average Bonchev–Trinajstić information content (AvgIpc) is 2.03. The van der Waals surface area contributed by atoms with Crippen LogP contribution in [0.2, 0.25) is 0 Å². The van der Waals surface area contributed by atoms with Gasteiger partial charge in [0, 0.05) is 6.07 Å². The second-order valence-corrected chi connectivity index (χ2v) is 2.60. The summed E-state index contributed by atoms with van der Waals surface area (Å²) in [4.78, 5) is 0. The largest absolute Gasteiger partial charge is 0.497 e. The van der Waals surface area contributed by atoms with Crippen molar-refractivity contribution in [1.29, 1.82) is 0 Å². The predicted molar refractivity (Wildman–Crippen MR) is 43.6 cm³/mol. The zero-order chi connectivity index (χ0) is 9.14. The molecule has 1 unspecified atom stereocenters. The molecule has 0 fully saturated rings. The lowest BCUT2D eigenvalue weighted by molar-refractivity contribution is 0.198. The Morgan fingerprint density at radius 3 is 2.58 bits per heavy atom. The molecule has 3 heteroatoms. The van der Waals surface area contributed by atoms with E-state index >= 15 is 0 Å². The monoisotopic (exact) mass is 170 g/mol. The van der Waals surface area contributed by atoms with E-state index in [0.717, 1.165) is 0 Å². The van der Waals surface area contributed by atoms with Crippen LogP contribution in [0.4, 0.5) is 4.39 Å². The van der Waals surface area contributed by atoms with Crippen molar-refractivity contribution in [2.45, 2.75) is 13.0 Å². The maximum Gasteiger partial charge on any atom is 0.127 e. The van der Waals surface area contributed by atoms with Crippen molar-refractivity contribution in [2.75, 3.05) is 7.11 Å². The quantitative estimate of drug-likeness (QED) is 0.734. The Hall–Kier alpha value is -1.09. The molecule has 0 saturated carbocycles. The molecule has 12 heavy (non-hydrogen) atoms. The molecule has 1 atom stereocenters. The van der Waals surface area contributed by atoms with Crippen LogP contribution in [-0.4, -0.2) is 12.2 Å². The highest BCUT2D eigenvalue weighted by atomic mass is 19.1. The molecule has 2 nitrogen and oxygen atoms in total. The van der Waals surface area contributed by atoms with Gasteiger partial charge in [0.15, 0.2) is 0 Å². The SMILES string of the molecule is COc1cc(F)cc(C(C)O)c1. The molecule has 0 aromatic heterocycles. The van der Waals surface area contributed by atoms with Crippen molar-refractivity contribution < 1.29 is 14.2 Å². The minimum atomic E-state index is -0.672. The number of aliphatic hydroxyl groups excluding tert-OH is 1. The van der Waals surface area contributed by atoms with E-state index in [9.17, 15) is 4.39 Å². The molecule has 1 N–H and O–H groups in total. The molecule has 0 aliphatic rings. The number of rotatable bonds is 2. The lowest BCUT2D eigenvalue weighted by atomic mass is 10.1. The number of methoxy groups -OCH3 is 1. The third-order valence-electron chi connectivity index (χ3n) is 1.61. The van der Waals surface area contributed by atoms with E-state index in [2.05, 4.69) is 0 Å². The van der Waals surface area contributed by atoms with Crippen molar-refractivity contribution in [3.05, 3.63) is 29.6 Å². The van der Waals surface area contributed by atoms with Crippen LogP contribution in [0.5, 0.6) is 5.75 Å². The predicted octanol–water partition coefficient (Wildman–Crippen LogP) is 1.89. The normalized spacial score (nSPS) is 12.7. The molecule has 1 rings (SSSR count). The maximum absolute atomic E-state index is 12.8. The summed E-state index contributed by atoms with van der Waals surface area (Å²) in [5.74, 6) is 0.0242. The number of ether oxygens (including phenoxy) is 1. The van der Waals surface area contributed by atoms with E-state index in [1.54, 1.807) is 13.0 Å². The number of hydrogen-bond donors (Lipinski definition) is 1. The summed E-state index contributed by atoms with van der Waals surface area (Å²) >= 11 is 0. The molecule has 0 heterocycles. The van der Waals surface area contributed by atoms with Crippen molar-refractivity contribution in [3.8, 4) is 5.75 Å². The smallest absolute Gasteiger partial charge is 0.127 e. The van der Waals surface area contributed by atoms with E-state index in [0.29, 0.717) is 11.3 Å². The molecule has 1 aromatic carbocycles. The van der Waals surface area contributed by atoms with Crippen LogP contribution >= 0.6 is 0 Å². The minimum Gasteiger partial charge on any atom is -0.497 e. The molecular formula is C9H11FO2. The van der Waals surface area contributed by atoms with Crippen LogP contribution in [0.15, 0.2) is 18.2 Å². The Kier molecular flexibility index (Phi) is 2.65. The number of aliphatic hydroxyl groups is 1. The fraction of sp³-hybridized carbons (Fsp3) is 0.333. The van der Waals surface area contributed by atoms with Gasteiger partial charge in [-0.05, 0) is 24.6 Å². The molecule has 0 saturated heterocycles. The highest BCUT2D eigenvalue weighted by molar-refractivity contribution is 5.30. The van der Waals surface area contributed by atoms with Gasteiger partial charge in [0.2, 0.25) is 0 Å². The van der Waals surface area contributed by atoms with Crippen LogP contribution in [0.25, 0.3) is 0 Å². The lowest BCUT2D eigenvalue weighted by Gasteiger charge is -2.06. The first-order valence-corrected chi connectivity index (χ1v) is 3.66. The molecule has 1 aromatic rings. The van der Waals surface area contributed by atoms with Crippen molar-refractivity contribution in [3.63, 3.8) is 0 Å². The zero-order valence-electron chi connectivity index (χ0n) is 7.04. The average molecular weight is 170 g/mol. The van der Waals surface area contributed by atoms with Crippen molar-refractivity contribution in [2.24, 2.45) is 0 Å². The zero-order valence-corrected chi connectivity index (χ0v) is 7.04. The summed E-state index contributed by atoms with van der Waals surface area (Å²) in [6.45, 7) is 1.58. The van der Waals surface area contributed by atoms with Crippen LogP contribution < -0.4 is 4.74 Å². The van der Waals surface area contributed by atoms with Gasteiger partial charge in [-0.2, -0.15) is 0 Å². The summed E-state index contributed by atoms with van der Waals surface area (Å²) in [5, 5.41) is 9.15.